The number of hydrogen-bond acceptors (Lipinski definition) is 5. The smallest absolute Gasteiger partial charge is 0.407 e. The van der Waals surface area contributed by atoms with Gasteiger partial charge in [-0.15, -0.1) is 0 Å². The summed E-state index contributed by atoms with van der Waals surface area (Å²) in [5.74, 6) is -1.26. The van der Waals surface area contributed by atoms with Crippen LogP contribution in [0.25, 0.3) is 0 Å². The highest BCUT2D eigenvalue weighted by Crippen LogP contribution is 2.20. The molecule has 0 radical (unpaired) electrons. The minimum atomic E-state index is -1.26. The number of alkyl carbamates (subject to hydrolysis) is 1. The molecule has 0 aromatic heterocycles. The first-order valence-electron chi connectivity index (χ1n) is 6.07. The number of rotatable bonds is 4. The van der Waals surface area contributed by atoms with Gasteiger partial charge in [-0.05, 0) is 32.9 Å². The monoisotopic (exact) mass is 296 g/mol. The number of carbonyl (C=O) groups excluding carboxylic acids is 1. The minimum absolute atomic E-state index is 0.134. The molecule has 0 atom stereocenters. The van der Waals surface area contributed by atoms with Crippen molar-refractivity contribution in [3.05, 3.63) is 39.4 Å². The molecule has 0 heterocycles. The Morgan fingerprint density at radius 3 is 2.48 bits per heavy atom. The Bertz CT molecular complexity index is 577. The Hall–Kier alpha value is -2.64. The molecule has 8 nitrogen and oxygen atoms in total. The van der Waals surface area contributed by atoms with Crippen LogP contribution in [-0.4, -0.2) is 27.7 Å². The van der Waals surface area contributed by atoms with Gasteiger partial charge >= 0.3 is 12.1 Å². The lowest BCUT2D eigenvalue weighted by molar-refractivity contribution is -0.385. The molecule has 1 aromatic rings. The Morgan fingerprint density at radius 2 is 2.00 bits per heavy atom. The first kappa shape index (κ1) is 16.4. The molecule has 0 aliphatic heterocycles. The van der Waals surface area contributed by atoms with E-state index in [1.165, 1.54) is 12.1 Å². The standard InChI is InChI=1S/C13H16N2O6/c1-13(2,3)21-12(18)14-7-9-5-4-8(11(16)17)6-10(9)15(19)20/h4-6H,7H2,1-3H3,(H,14,18)(H,16,17). The third-order valence-electron chi connectivity index (χ3n) is 2.35. The van der Waals surface area contributed by atoms with Crippen LogP contribution < -0.4 is 5.32 Å². The predicted octanol–water partition coefficient (Wildman–Crippen LogP) is 2.32. The van der Waals surface area contributed by atoms with Crippen molar-refractivity contribution in [2.24, 2.45) is 0 Å². The molecule has 2 N–H and O–H groups in total. The number of amides is 1. The van der Waals surface area contributed by atoms with Crippen LogP contribution in [0.3, 0.4) is 0 Å². The largest absolute Gasteiger partial charge is 0.478 e. The Kier molecular flexibility index (Phi) is 4.85. The van der Waals surface area contributed by atoms with Gasteiger partial charge in [0.15, 0.2) is 0 Å². The van der Waals surface area contributed by atoms with E-state index < -0.39 is 22.6 Å². The van der Waals surface area contributed by atoms with Gasteiger partial charge in [0.1, 0.15) is 5.60 Å². The molecule has 1 rings (SSSR count). The van der Waals surface area contributed by atoms with Crippen molar-refractivity contribution < 1.29 is 24.4 Å². The fraction of sp³-hybridized carbons (Fsp3) is 0.385. The predicted molar refractivity (Wildman–Crippen MR) is 73.1 cm³/mol. The summed E-state index contributed by atoms with van der Waals surface area (Å²) >= 11 is 0. The van der Waals surface area contributed by atoms with Gasteiger partial charge in [-0.25, -0.2) is 9.59 Å². The number of hydrogen-bond donors (Lipinski definition) is 2. The van der Waals surface area contributed by atoms with E-state index in [9.17, 15) is 19.7 Å². The van der Waals surface area contributed by atoms with Crippen LogP contribution in [0.2, 0.25) is 0 Å². The van der Waals surface area contributed by atoms with Crippen LogP contribution >= 0.6 is 0 Å². The zero-order valence-electron chi connectivity index (χ0n) is 11.9. The summed E-state index contributed by atoms with van der Waals surface area (Å²) in [5.41, 5.74) is -1.05. The highest BCUT2D eigenvalue weighted by molar-refractivity contribution is 5.88. The van der Waals surface area contributed by atoms with E-state index >= 15 is 0 Å². The van der Waals surface area contributed by atoms with E-state index in [-0.39, 0.29) is 23.4 Å². The van der Waals surface area contributed by atoms with Gasteiger partial charge in [-0.3, -0.25) is 10.1 Å². The molecule has 0 aliphatic rings. The van der Waals surface area contributed by atoms with Crippen LogP contribution in [0.4, 0.5) is 10.5 Å². The van der Waals surface area contributed by atoms with E-state index in [4.69, 9.17) is 9.84 Å². The molecule has 1 amide bonds. The summed E-state index contributed by atoms with van der Waals surface area (Å²) < 4.78 is 5.01. The molecule has 1 aromatic carbocycles. The average molecular weight is 296 g/mol. The van der Waals surface area contributed by atoms with Crippen LogP contribution in [0.5, 0.6) is 0 Å². The van der Waals surface area contributed by atoms with Gasteiger partial charge in [0.05, 0.1) is 17.0 Å². The molecule has 0 saturated heterocycles. The molecular weight excluding hydrogens is 280 g/mol. The third-order valence-corrected chi connectivity index (χ3v) is 2.35. The van der Waals surface area contributed by atoms with Crippen LogP contribution in [-0.2, 0) is 11.3 Å². The van der Waals surface area contributed by atoms with E-state index in [1.54, 1.807) is 20.8 Å². The van der Waals surface area contributed by atoms with Crippen molar-refractivity contribution in [1.82, 2.24) is 5.32 Å². The number of aromatic carboxylic acids is 1. The highest BCUT2D eigenvalue weighted by atomic mass is 16.6. The Labute approximate surface area is 120 Å². The topological polar surface area (TPSA) is 119 Å². The second-order valence-corrected chi connectivity index (χ2v) is 5.26. The molecule has 0 unspecified atom stereocenters. The summed E-state index contributed by atoms with van der Waals surface area (Å²) in [5, 5.41) is 22.1. The van der Waals surface area contributed by atoms with Crippen LogP contribution in [0.1, 0.15) is 36.7 Å². The maximum Gasteiger partial charge on any atom is 0.407 e. The fourth-order valence-electron chi connectivity index (χ4n) is 1.50. The van der Waals surface area contributed by atoms with E-state index in [2.05, 4.69) is 5.32 Å². The maximum absolute atomic E-state index is 11.5. The molecule has 8 heteroatoms. The summed E-state index contributed by atoms with van der Waals surface area (Å²) in [7, 11) is 0. The van der Waals surface area contributed by atoms with Crippen molar-refractivity contribution in [2.45, 2.75) is 32.9 Å². The van der Waals surface area contributed by atoms with Crippen molar-refractivity contribution >= 4 is 17.7 Å². The zero-order valence-corrected chi connectivity index (χ0v) is 11.9. The molecule has 0 saturated carbocycles. The lowest BCUT2D eigenvalue weighted by Crippen LogP contribution is -2.32. The lowest BCUT2D eigenvalue weighted by atomic mass is 10.1. The molecule has 114 valence electrons. The van der Waals surface area contributed by atoms with Crippen LogP contribution in [0, 0.1) is 10.1 Å². The second-order valence-electron chi connectivity index (χ2n) is 5.26. The number of nitro groups is 1. The molecule has 0 fully saturated rings. The number of ether oxygens (including phenoxy) is 1. The summed E-state index contributed by atoms with van der Waals surface area (Å²) in [6.07, 6.45) is -0.709. The number of benzene rings is 1. The molecule has 0 aliphatic carbocycles. The van der Waals surface area contributed by atoms with Crippen LogP contribution in [0.15, 0.2) is 18.2 Å². The number of carboxylic acid groups (broad SMARTS) is 1. The average Bonchev–Trinajstić information content (AvgIpc) is 2.33. The molecular formula is C13H16N2O6. The van der Waals surface area contributed by atoms with E-state index in [0.29, 0.717) is 0 Å². The fourth-order valence-corrected chi connectivity index (χ4v) is 1.50. The van der Waals surface area contributed by atoms with Gasteiger partial charge in [-0.1, -0.05) is 0 Å². The minimum Gasteiger partial charge on any atom is -0.478 e. The second kappa shape index (κ2) is 6.21. The van der Waals surface area contributed by atoms with Gasteiger partial charge in [0, 0.05) is 11.6 Å². The molecule has 0 spiro atoms. The quantitative estimate of drug-likeness (QED) is 0.650. The number of nitro benzene ring substituents is 1. The number of carboxylic acids is 1. The Morgan fingerprint density at radius 1 is 1.38 bits per heavy atom. The van der Waals surface area contributed by atoms with Gasteiger partial charge < -0.3 is 15.2 Å². The normalized spacial score (nSPS) is 10.8. The van der Waals surface area contributed by atoms with Gasteiger partial charge in [-0.2, -0.15) is 0 Å². The maximum atomic E-state index is 11.5. The first-order chi connectivity index (χ1) is 9.60. The first-order valence-corrected chi connectivity index (χ1v) is 6.07. The van der Waals surface area contributed by atoms with Gasteiger partial charge in [0.2, 0.25) is 0 Å². The summed E-state index contributed by atoms with van der Waals surface area (Å²) in [4.78, 5) is 32.5. The van der Waals surface area contributed by atoms with Gasteiger partial charge in [0.25, 0.3) is 5.69 Å². The number of nitrogens with zero attached hydrogens (tertiary/aromatic N) is 1. The molecule has 0 bridgehead atoms. The van der Waals surface area contributed by atoms with E-state index in [0.717, 1.165) is 6.07 Å². The third kappa shape index (κ3) is 5.09. The van der Waals surface area contributed by atoms with Crippen molar-refractivity contribution in [3.63, 3.8) is 0 Å². The SMILES string of the molecule is CC(C)(C)OC(=O)NCc1ccc(C(=O)O)cc1[N+](=O)[O-]. The highest BCUT2D eigenvalue weighted by Gasteiger charge is 2.19. The van der Waals surface area contributed by atoms with Crippen molar-refractivity contribution in [2.75, 3.05) is 0 Å². The van der Waals surface area contributed by atoms with Crippen molar-refractivity contribution in [3.8, 4) is 0 Å². The molecule has 21 heavy (non-hydrogen) atoms. The van der Waals surface area contributed by atoms with E-state index in [1.807, 2.05) is 0 Å². The lowest BCUT2D eigenvalue weighted by Gasteiger charge is -2.19. The number of carbonyl (C=O) groups is 2. The zero-order chi connectivity index (χ0) is 16.2. The number of nitrogens with one attached hydrogen (secondary N) is 1. The summed E-state index contributed by atoms with van der Waals surface area (Å²) in [6.45, 7) is 4.94. The Balaban J connectivity index is 2.86. The summed E-state index contributed by atoms with van der Waals surface area (Å²) in [6, 6.07) is 3.48. The van der Waals surface area contributed by atoms with Crippen molar-refractivity contribution in [1.29, 1.82) is 0 Å².